The number of rotatable bonds is 5. The summed E-state index contributed by atoms with van der Waals surface area (Å²) in [4.78, 5) is 22.9. The van der Waals surface area contributed by atoms with Crippen LogP contribution in [0.1, 0.15) is 27.7 Å². The van der Waals surface area contributed by atoms with Crippen LogP contribution in [0.15, 0.2) is 42.1 Å². The molecule has 1 aromatic carbocycles. The molecule has 0 aliphatic carbocycles. The smallest absolute Gasteiger partial charge is 0.291 e. The monoisotopic (exact) mass is 574 g/mol. The maximum Gasteiger partial charge on any atom is 0.291 e. The molecule has 0 radical (unpaired) electrons. The summed E-state index contributed by atoms with van der Waals surface area (Å²) < 4.78 is 9.11. The predicted molar refractivity (Wildman–Crippen MR) is 114 cm³/mol. The van der Waals surface area contributed by atoms with Crippen LogP contribution in [0.4, 0.5) is 11.4 Å². The van der Waals surface area contributed by atoms with Crippen molar-refractivity contribution >= 4 is 65.1 Å². The molecule has 0 saturated heterocycles. The largest absolute Gasteiger partial charge is 0.454 e. The number of benzene rings is 1. The van der Waals surface area contributed by atoms with Gasteiger partial charge in [-0.25, -0.2) is 0 Å². The molecule has 1 amide bonds. The Hall–Kier alpha value is -1.98. The zero-order valence-electron chi connectivity index (χ0n) is 14.6. The fourth-order valence-electron chi connectivity index (χ4n) is 2.52. The highest BCUT2D eigenvalue weighted by atomic mass is 79.9. The number of nitro groups is 1. The Balaban J connectivity index is 1.78. The topological polar surface area (TPSA) is 103 Å². The van der Waals surface area contributed by atoms with Crippen LogP contribution in [0.2, 0.25) is 0 Å². The van der Waals surface area contributed by atoms with E-state index in [2.05, 4.69) is 58.2 Å². The number of nitrogens with zero attached hydrogens (tertiary/aromatic N) is 3. The second kappa shape index (κ2) is 8.18. The molecule has 0 saturated carbocycles. The molecule has 11 heteroatoms. The lowest BCUT2D eigenvalue weighted by Crippen LogP contribution is -2.12. The van der Waals surface area contributed by atoms with Gasteiger partial charge in [0.05, 0.1) is 33.0 Å². The van der Waals surface area contributed by atoms with Gasteiger partial charge in [-0.1, -0.05) is 0 Å². The first-order valence-corrected chi connectivity index (χ1v) is 10.3. The van der Waals surface area contributed by atoms with Crippen molar-refractivity contribution < 1.29 is 14.1 Å². The van der Waals surface area contributed by atoms with Crippen LogP contribution >= 0.6 is 47.8 Å². The Morgan fingerprint density at radius 1 is 1.25 bits per heavy atom. The lowest BCUT2D eigenvalue weighted by molar-refractivity contribution is -0.385. The molecule has 146 valence electrons. The third-order valence-electron chi connectivity index (χ3n) is 3.96. The Morgan fingerprint density at radius 3 is 2.43 bits per heavy atom. The summed E-state index contributed by atoms with van der Waals surface area (Å²) >= 11 is 9.95. The number of aryl methyl sites for hydroxylation is 1. The minimum absolute atomic E-state index is 0.104. The van der Waals surface area contributed by atoms with E-state index >= 15 is 0 Å². The zero-order chi connectivity index (χ0) is 20.6. The van der Waals surface area contributed by atoms with E-state index in [9.17, 15) is 14.9 Å². The molecule has 0 bridgehead atoms. The molecule has 1 N–H and O–H groups in total. The molecular formula is C17H13Br3N4O4. The summed E-state index contributed by atoms with van der Waals surface area (Å²) in [6.07, 6.45) is 0. The molecule has 2 heterocycles. The zero-order valence-corrected chi connectivity index (χ0v) is 19.4. The number of furan rings is 1. The van der Waals surface area contributed by atoms with Crippen molar-refractivity contribution in [1.29, 1.82) is 0 Å². The first-order valence-electron chi connectivity index (χ1n) is 7.90. The Bertz CT molecular complexity index is 1070. The summed E-state index contributed by atoms with van der Waals surface area (Å²) in [5.74, 6) is 0.217. The standard InChI is InChI=1S/C17H13Br3N4O4/c1-8-15(20)9(2)23(22-8)7-11-3-4-14(28-11)17(25)21-16-12(18)5-10(24(26)27)6-13(16)19/h3-6H,7H2,1-2H3,(H,21,25). The van der Waals surface area contributed by atoms with Crippen LogP contribution in [-0.2, 0) is 6.54 Å². The molecular weight excluding hydrogens is 564 g/mol. The quantitative estimate of drug-likeness (QED) is 0.315. The number of hydrogen-bond donors (Lipinski definition) is 1. The van der Waals surface area contributed by atoms with Crippen molar-refractivity contribution in [2.24, 2.45) is 0 Å². The van der Waals surface area contributed by atoms with Crippen molar-refractivity contribution in [3.63, 3.8) is 0 Å². The van der Waals surface area contributed by atoms with Gasteiger partial charge in [0.15, 0.2) is 5.76 Å². The molecule has 0 aliphatic heterocycles. The van der Waals surface area contributed by atoms with Gasteiger partial charge in [-0.15, -0.1) is 0 Å². The van der Waals surface area contributed by atoms with Crippen molar-refractivity contribution in [2.45, 2.75) is 20.4 Å². The summed E-state index contributed by atoms with van der Waals surface area (Å²) in [5.41, 5.74) is 2.10. The van der Waals surface area contributed by atoms with E-state index in [4.69, 9.17) is 4.42 Å². The lowest BCUT2D eigenvalue weighted by Gasteiger charge is -2.08. The van der Waals surface area contributed by atoms with Gasteiger partial charge >= 0.3 is 0 Å². The molecule has 0 spiro atoms. The van der Waals surface area contributed by atoms with E-state index in [1.54, 1.807) is 16.8 Å². The van der Waals surface area contributed by atoms with Crippen LogP contribution in [0.25, 0.3) is 0 Å². The number of carbonyl (C=O) groups excluding carboxylic acids is 1. The summed E-state index contributed by atoms with van der Waals surface area (Å²) in [6.45, 7) is 4.22. The summed E-state index contributed by atoms with van der Waals surface area (Å²) in [6, 6.07) is 5.90. The minimum atomic E-state index is -0.517. The number of amides is 1. The highest BCUT2D eigenvalue weighted by Crippen LogP contribution is 2.35. The molecule has 0 atom stereocenters. The van der Waals surface area contributed by atoms with E-state index in [0.29, 0.717) is 26.9 Å². The van der Waals surface area contributed by atoms with Crippen LogP contribution in [0, 0.1) is 24.0 Å². The lowest BCUT2D eigenvalue weighted by atomic mass is 10.2. The third kappa shape index (κ3) is 4.20. The third-order valence-corrected chi connectivity index (χ3v) is 6.36. The summed E-state index contributed by atoms with van der Waals surface area (Å²) in [7, 11) is 0. The van der Waals surface area contributed by atoms with Crippen molar-refractivity contribution in [2.75, 3.05) is 5.32 Å². The van der Waals surface area contributed by atoms with Crippen LogP contribution in [-0.4, -0.2) is 20.6 Å². The van der Waals surface area contributed by atoms with Gasteiger partial charge in [0, 0.05) is 21.1 Å². The average molecular weight is 577 g/mol. The molecule has 3 aromatic rings. The van der Waals surface area contributed by atoms with Gasteiger partial charge in [-0.05, 0) is 73.8 Å². The number of nitrogens with one attached hydrogen (secondary N) is 1. The fraction of sp³-hybridized carbons (Fsp3) is 0.176. The van der Waals surface area contributed by atoms with E-state index in [0.717, 1.165) is 15.9 Å². The molecule has 28 heavy (non-hydrogen) atoms. The summed E-state index contributed by atoms with van der Waals surface area (Å²) in [5, 5.41) is 18.0. The number of anilines is 1. The van der Waals surface area contributed by atoms with Gasteiger partial charge in [0.2, 0.25) is 0 Å². The number of aromatic nitrogens is 2. The fourth-order valence-corrected chi connectivity index (χ4v) is 4.17. The van der Waals surface area contributed by atoms with Gasteiger partial charge in [-0.3, -0.25) is 19.6 Å². The first kappa shape index (κ1) is 20.7. The Labute approximate surface area is 184 Å². The normalized spacial score (nSPS) is 10.9. The average Bonchev–Trinajstić information content (AvgIpc) is 3.19. The van der Waals surface area contributed by atoms with Gasteiger partial charge in [-0.2, -0.15) is 5.10 Å². The number of halogens is 3. The molecule has 0 aliphatic rings. The van der Waals surface area contributed by atoms with Gasteiger partial charge < -0.3 is 9.73 Å². The second-order valence-corrected chi connectivity index (χ2v) is 8.41. The Kier molecular flexibility index (Phi) is 6.06. The molecule has 0 unspecified atom stereocenters. The minimum Gasteiger partial charge on any atom is -0.454 e. The number of non-ortho nitro benzene ring substituents is 1. The molecule has 8 nitrogen and oxygen atoms in total. The van der Waals surface area contributed by atoms with Gasteiger partial charge in [0.1, 0.15) is 5.76 Å². The molecule has 3 rings (SSSR count). The molecule has 0 fully saturated rings. The van der Waals surface area contributed by atoms with Crippen LogP contribution in [0.5, 0.6) is 0 Å². The highest BCUT2D eigenvalue weighted by Gasteiger charge is 2.19. The van der Waals surface area contributed by atoms with E-state index < -0.39 is 10.8 Å². The SMILES string of the molecule is Cc1nn(Cc2ccc(C(=O)Nc3c(Br)cc([N+](=O)[O-])cc3Br)o2)c(C)c1Br. The first-order chi connectivity index (χ1) is 13.2. The maximum absolute atomic E-state index is 12.5. The molecule has 2 aromatic heterocycles. The number of nitro benzene ring substituents is 1. The van der Waals surface area contributed by atoms with E-state index in [1.807, 2.05) is 13.8 Å². The maximum atomic E-state index is 12.5. The number of hydrogen-bond acceptors (Lipinski definition) is 5. The van der Waals surface area contributed by atoms with Crippen molar-refractivity contribution in [3.8, 4) is 0 Å². The van der Waals surface area contributed by atoms with Gasteiger partial charge in [0.25, 0.3) is 11.6 Å². The predicted octanol–water partition coefficient (Wildman–Crippen LogP) is 5.59. The number of carbonyl (C=O) groups is 1. The van der Waals surface area contributed by atoms with E-state index in [1.165, 1.54) is 12.1 Å². The van der Waals surface area contributed by atoms with E-state index in [-0.39, 0.29) is 11.4 Å². The Morgan fingerprint density at radius 2 is 1.89 bits per heavy atom. The highest BCUT2D eigenvalue weighted by molar-refractivity contribution is 9.11. The second-order valence-electron chi connectivity index (χ2n) is 5.90. The van der Waals surface area contributed by atoms with Crippen molar-refractivity contribution in [3.05, 3.63) is 70.7 Å². The van der Waals surface area contributed by atoms with Crippen LogP contribution in [0.3, 0.4) is 0 Å². The van der Waals surface area contributed by atoms with Crippen molar-refractivity contribution in [1.82, 2.24) is 9.78 Å². The van der Waals surface area contributed by atoms with Crippen LogP contribution < -0.4 is 5.32 Å².